The first kappa shape index (κ1) is 17.1. The maximum absolute atomic E-state index is 11.7. The van der Waals surface area contributed by atoms with Crippen LogP contribution >= 0.6 is 0 Å². The van der Waals surface area contributed by atoms with E-state index < -0.39 is 10.8 Å². The lowest BCUT2D eigenvalue weighted by atomic mass is 10.1. The van der Waals surface area contributed by atoms with E-state index in [0.29, 0.717) is 11.3 Å². The molecule has 0 aliphatic heterocycles. The number of benzene rings is 2. The first-order valence-electron chi connectivity index (χ1n) is 7.22. The SMILES string of the molecule is Cc1cc(C)cc(OCC(=O)NN=Cc2ccccc2[N+](=O)[O-])c1. The Hall–Kier alpha value is -3.22. The van der Waals surface area contributed by atoms with E-state index in [0.717, 1.165) is 11.1 Å². The van der Waals surface area contributed by atoms with Crippen molar-refractivity contribution in [2.24, 2.45) is 5.10 Å². The number of carbonyl (C=O) groups excluding carboxylic acids is 1. The number of hydrogen-bond donors (Lipinski definition) is 1. The van der Waals surface area contributed by atoms with Crippen LogP contribution in [0.4, 0.5) is 5.69 Å². The third kappa shape index (κ3) is 4.91. The molecule has 2 aromatic rings. The van der Waals surface area contributed by atoms with E-state index in [1.54, 1.807) is 18.2 Å². The first-order valence-corrected chi connectivity index (χ1v) is 7.22. The monoisotopic (exact) mass is 327 g/mol. The van der Waals surface area contributed by atoms with E-state index in [-0.39, 0.29) is 12.3 Å². The normalized spacial score (nSPS) is 10.6. The van der Waals surface area contributed by atoms with Crippen LogP contribution in [-0.2, 0) is 4.79 Å². The second kappa shape index (κ2) is 7.87. The number of rotatable bonds is 6. The van der Waals surface area contributed by atoms with E-state index in [1.165, 1.54) is 12.3 Å². The topological polar surface area (TPSA) is 93.8 Å². The van der Waals surface area contributed by atoms with Gasteiger partial charge < -0.3 is 4.74 Å². The summed E-state index contributed by atoms with van der Waals surface area (Å²) in [7, 11) is 0. The highest BCUT2D eigenvalue weighted by Crippen LogP contribution is 2.16. The lowest BCUT2D eigenvalue weighted by Crippen LogP contribution is -2.24. The molecule has 0 heterocycles. The average Bonchev–Trinajstić information content (AvgIpc) is 2.52. The summed E-state index contributed by atoms with van der Waals surface area (Å²) in [5.74, 6) is 0.148. The number of amides is 1. The number of nitro benzene ring substituents is 1. The molecule has 124 valence electrons. The molecule has 0 atom stereocenters. The zero-order valence-electron chi connectivity index (χ0n) is 13.4. The Kier molecular flexibility index (Phi) is 5.62. The van der Waals surface area contributed by atoms with E-state index in [9.17, 15) is 14.9 Å². The predicted octanol–water partition coefficient (Wildman–Crippen LogP) is 2.74. The molecule has 0 aromatic heterocycles. The number of nitro groups is 1. The van der Waals surface area contributed by atoms with Crippen LogP contribution in [0, 0.1) is 24.0 Å². The van der Waals surface area contributed by atoms with Gasteiger partial charge in [-0.05, 0) is 43.2 Å². The van der Waals surface area contributed by atoms with Crippen molar-refractivity contribution in [3.05, 3.63) is 69.3 Å². The lowest BCUT2D eigenvalue weighted by Gasteiger charge is -2.07. The smallest absolute Gasteiger partial charge is 0.278 e. The molecule has 0 unspecified atom stereocenters. The minimum absolute atomic E-state index is 0.0815. The molecule has 0 fully saturated rings. The number of para-hydroxylation sites is 1. The zero-order chi connectivity index (χ0) is 17.5. The third-order valence-electron chi connectivity index (χ3n) is 3.09. The van der Waals surface area contributed by atoms with Gasteiger partial charge in [-0.1, -0.05) is 18.2 Å². The van der Waals surface area contributed by atoms with E-state index >= 15 is 0 Å². The maximum Gasteiger partial charge on any atom is 0.278 e. The number of nitrogens with zero attached hydrogens (tertiary/aromatic N) is 2. The molecule has 0 saturated heterocycles. The molecule has 0 aliphatic rings. The Morgan fingerprint density at radius 1 is 1.25 bits per heavy atom. The Morgan fingerprint density at radius 2 is 1.92 bits per heavy atom. The molecular weight excluding hydrogens is 310 g/mol. The summed E-state index contributed by atoms with van der Waals surface area (Å²) < 4.78 is 5.40. The zero-order valence-corrected chi connectivity index (χ0v) is 13.4. The molecule has 7 nitrogen and oxygen atoms in total. The molecular formula is C17H17N3O4. The summed E-state index contributed by atoms with van der Waals surface area (Å²) in [4.78, 5) is 22.1. The van der Waals surface area contributed by atoms with Crippen LogP contribution in [0.1, 0.15) is 16.7 Å². The van der Waals surface area contributed by atoms with Crippen molar-refractivity contribution in [1.29, 1.82) is 0 Å². The van der Waals surface area contributed by atoms with Gasteiger partial charge in [-0.25, -0.2) is 5.43 Å². The summed E-state index contributed by atoms with van der Waals surface area (Å²) in [5.41, 5.74) is 4.58. The summed E-state index contributed by atoms with van der Waals surface area (Å²) in [6.07, 6.45) is 1.23. The van der Waals surface area contributed by atoms with Crippen molar-refractivity contribution in [2.75, 3.05) is 6.61 Å². The number of carbonyl (C=O) groups is 1. The van der Waals surface area contributed by atoms with Crippen molar-refractivity contribution in [3.8, 4) is 5.75 Å². The average molecular weight is 327 g/mol. The van der Waals surface area contributed by atoms with Gasteiger partial charge in [0.15, 0.2) is 6.61 Å². The van der Waals surface area contributed by atoms with E-state index in [2.05, 4.69) is 10.5 Å². The van der Waals surface area contributed by atoms with E-state index in [1.807, 2.05) is 32.0 Å². The van der Waals surface area contributed by atoms with Crippen molar-refractivity contribution in [2.45, 2.75) is 13.8 Å². The quantitative estimate of drug-likeness (QED) is 0.501. The molecule has 0 bridgehead atoms. The molecule has 0 saturated carbocycles. The van der Waals surface area contributed by atoms with Gasteiger partial charge in [0.05, 0.1) is 16.7 Å². The van der Waals surface area contributed by atoms with Gasteiger partial charge in [0.1, 0.15) is 5.75 Å². The van der Waals surface area contributed by atoms with Crippen LogP contribution in [-0.4, -0.2) is 23.7 Å². The summed E-state index contributed by atoms with van der Waals surface area (Å²) in [6.45, 7) is 3.69. The molecule has 2 aromatic carbocycles. The molecule has 0 radical (unpaired) electrons. The molecule has 1 N–H and O–H groups in total. The third-order valence-corrected chi connectivity index (χ3v) is 3.09. The number of nitrogens with one attached hydrogen (secondary N) is 1. The van der Waals surface area contributed by atoms with Crippen LogP contribution < -0.4 is 10.2 Å². The summed E-state index contributed by atoms with van der Waals surface area (Å²) in [5, 5.41) is 14.6. The highest BCUT2D eigenvalue weighted by molar-refractivity contribution is 5.86. The van der Waals surface area contributed by atoms with Crippen molar-refractivity contribution >= 4 is 17.8 Å². The standard InChI is InChI=1S/C17H17N3O4/c1-12-7-13(2)9-15(8-12)24-11-17(21)19-18-10-14-5-3-4-6-16(14)20(22)23/h3-10H,11H2,1-2H3,(H,19,21). The van der Waals surface area contributed by atoms with Gasteiger partial charge in [-0.3, -0.25) is 14.9 Å². The van der Waals surface area contributed by atoms with Crippen molar-refractivity contribution in [1.82, 2.24) is 5.43 Å². The predicted molar refractivity (Wildman–Crippen MR) is 90.2 cm³/mol. The van der Waals surface area contributed by atoms with Gasteiger partial charge in [0.25, 0.3) is 11.6 Å². The minimum Gasteiger partial charge on any atom is -0.484 e. The Morgan fingerprint density at radius 3 is 2.58 bits per heavy atom. The number of hydrazone groups is 1. The minimum atomic E-state index is -0.508. The maximum atomic E-state index is 11.7. The molecule has 1 amide bonds. The van der Waals surface area contributed by atoms with Gasteiger partial charge in [0, 0.05) is 6.07 Å². The Bertz CT molecular complexity index is 767. The van der Waals surface area contributed by atoms with Crippen molar-refractivity contribution < 1.29 is 14.5 Å². The fourth-order valence-corrected chi connectivity index (χ4v) is 2.13. The van der Waals surface area contributed by atoms with Gasteiger partial charge >= 0.3 is 0 Å². The van der Waals surface area contributed by atoms with Crippen LogP contribution in [0.3, 0.4) is 0 Å². The Balaban J connectivity index is 1.90. The van der Waals surface area contributed by atoms with E-state index in [4.69, 9.17) is 4.74 Å². The van der Waals surface area contributed by atoms with Gasteiger partial charge in [-0.2, -0.15) is 5.10 Å². The summed E-state index contributed by atoms with van der Waals surface area (Å²) in [6, 6.07) is 11.8. The van der Waals surface area contributed by atoms with Crippen LogP contribution in [0.5, 0.6) is 5.75 Å². The summed E-state index contributed by atoms with van der Waals surface area (Å²) >= 11 is 0. The fraction of sp³-hybridized carbons (Fsp3) is 0.176. The fourth-order valence-electron chi connectivity index (χ4n) is 2.13. The molecule has 24 heavy (non-hydrogen) atoms. The molecule has 2 rings (SSSR count). The molecule has 0 aliphatic carbocycles. The molecule has 7 heteroatoms. The highest BCUT2D eigenvalue weighted by Gasteiger charge is 2.10. The largest absolute Gasteiger partial charge is 0.484 e. The number of hydrogen-bond acceptors (Lipinski definition) is 5. The van der Waals surface area contributed by atoms with Crippen LogP contribution in [0.15, 0.2) is 47.6 Å². The lowest BCUT2D eigenvalue weighted by molar-refractivity contribution is -0.385. The number of aryl methyl sites for hydroxylation is 2. The van der Waals surface area contributed by atoms with Crippen molar-refractivity contribution in [3.63, 3.8) is 0 Å². The number of ether oxygens (including phenoxy) is 1. The Labute approximate surface area is 139 Å². The second-order valence-electron chi connectivity index (χ2n) is 5.22. The van der Waals surface area contributed by atoms with Crippen LogP contribution in [0.2, 0.25) is 0 Å². The highest BCUT2D eigenvalue weighted by atomic mass is 16.6. The van der Waals surface area contributed by atoms with Gasteiger partial charge in [-0.15, -0.1) is 0 Å². The molecule has 0 spiro atoms. The van der Waals surface area contributed by atoms with Gasteiger partial charge in [0.2, 0.25) is 0 Å². The first-order chi connectivity index (χ1) is 11.5. The van der Waals surface area contributed by atoms with Crippen LogP contribution in [0.25, 0.3) is 0 Å². The second-order valence-corrected chi connectivity index (χ2v) is 5.22.